The van der Waals surface area contributed by atoms with Crippen LogP contribution in [0, 0.1) is 5.92 Å². The maximum atomic E-state index is 14.5. The zero-order chi connectivity index (χ0) is 64.4. The Hall–Kier alpha value is -7.21. The van der Waals surface area contributed by atoms with Gasteiger partial charge in [0.2, 0.25) is 11.5 Å². The number of ketones is 4. The van der Waals surface area contributed by atoms with Crippen LogP contribution < -0.4 is 20.9 Å². The summed E-state index contributed by atoms with van der Waals surface area (Å²) in [6, 6.07) is 6.32. The van der Waals surface area contributed by atoms with Crippen molar-refractivity contribution in [1.29, 1.82) is 0 Å². The van der Waals surface area contributed by atoms with E-state index in [9.17, 15) is 47.9 Å². The number of Topliss-reactive ketones (excluding diaryl/α,β-unsaturated/α-hetero) is 2. The molecule has 4 aliphatic heterocycles. The van der Waals surface area contributed by atoms with E-state index < -0.39 is 65.3 Å². The van der Waals surface area contributed by atoms with E-state index in [1.807, 2.05) is 13.0 Å². The van der Waals surface area contributed by atoms with Gasteiger partial charge in [0.1, 0.15) is 42.9 Å². The fourth-order valence-electron chi connectivity index (χ4n) is 12.6. The normalized spacial score (nSPS) is 18.0. The summed E-state index contributed by atoms with van der Waals surface area (Å²) in [6.07, 6.45) is 13.5. The molecule has 2 N–H and O–H groups in total. The monoisotopic (exact) mass is 1250 g/mol. The van der Waals surface area contributed by atoms with Gasteiger partial charge in [0.15, 0.2) is 17.3 Å². The Morgan fingerprint density at radius 2 is 1.44 bits per heavy atom. The molecule has 1 unspecified atom stereocenters. The maximum Gasteiger partial charge on any atom is 0.415 e. The van der Waals surface area contributed by atoms with Crippen LogP contribution in [-0.2, 0) is 87.2 Å². The van der Waals surface area contributed by atoms with Crippen molar-refractivity contribution in [3.8, 4) is 17.1 Å². The molecule has 0 radical (unpaired) electrons. The second kappa shape index (κ2) is 32.7. The van der Waals surface area contributed by atoms with E-state index in [1.54, 1.807) is 55.4 Å². The molecular formula is C67H90N6O17. The number of rotatable bonds is 33. The molecule has 1 aromatic carbocycles. The number of nitrogens with zero attached hydrogens (tertiary/aromatic N) is 4. The number of ether oxygens (including phenoxy) is 7. The van der Waals surface area contributed by atoms with Gasteiger partial charge in [-0.2, -0.15) is 0 Å². The van der Waals surface area contributed by atoms with Crippen molar-refractivity contribution in [2.24, 2.45) is 5.92 Å². The number of hydrogen-bond acceptors (Lipinski definition) is 19. The van der Waals surface area contributed by atoms with Gasteiger partial charge in [0.05, 0.1) is 61.4 Å². The van der Waals surface area contributed by atoms with Gasteiger partial charge < -0.3 is 58.2 Å². The first-order valence-electron chi connectivity index (χ1n) is 32.4. The number of likely N-dealkylation sites (tertiary alicyclic amines) is 2. The molecule has 23 nitrogen and oxygen atoms in total. The molecule has 8 rings (SSSR count). The lowest BCUT2D eigenvalue weighted by atomic mass is 9.85. The van der Waals surface area contributed by atoms with Crippen LogP contribution >= 0.6 is 0 Å². The minimum Gasteiger partial charge on any atom is -0.457 e. The number of esters is 2. The van der Waals surface area contributed by atoms with Crippen LogP contribution in [0.3, 0.4) is 0 Å². The first kappa shape index (κ1) is 68.7. The molecule has 2 atom stereocenters. The smallest absolute Gasteiger partial charge is 0.415 e. The number of hydrogen-bond donors (Lipinski definition) is 2. The molecular weight excluding hydrogens is 1160 g/mol. The number of alkyl carbamates (subject to hydrolysis) is 1. The van der Waals surface area contributed by atoms with E-state index in [2.05, 4.69) is 15.5 Å². The number of piperidine rings is 2. The van der Waals surface area contributed by atoms with E-state index in [4.69, 9.17) is 38.1 Å². The van der Waals surface area contributed by atoms with Crippen molar-refractivity contribution < 1.29 is 76.3 Å². The van der Waals surface area contributed by atoms with Crippen LogP contribution in [0.1, 0.15) is 172 Å². The highest BCUT2D eigenvalue weighted by atomic mass is 16.6. The van der Waals surface area contributed by atoms with Crippen molar-refractivity contribution in [2.45, 2.75) is 193 Å². The third-order valence-corrected chi connectivity index (χ3v) is 17.4. The fraction of sp³-hybridized carbons (Fsp3) is 0.627. The van der Waals surface area contributed by atoms with Crippen LogP contribution in [0.15, 0.2) is 41.2 Å². The highest BCUT2D eigenvalue weighted by molar-refractivity contribution is 6.18. The molecule has 0 saturated carbocycles. The topological polar surface area (TPSA) is 284 Å². The molecule has 1 aliphatic carbocycles. The molecule has 5 aliphatic rings. The lowest BCUT2D eigenvalue weighted by Crippen LogP contribution is -2.51. The predicted octanol–water partition coefficient (Wildman–Crippen LogP) is 7.84. The molecule has 23 heteroatoms. The van der Waals surface area contributed by atoms with E-state index in [0.29, 0.717) is 113 Å². The molecule has 2 aromatic heterocycles. The standard InChI is InChI=1S/C67H90N6O17/c1-6-48-50-38-47(88-65(83)72-31-27-44(28-32-72)71-29-15-10-16-30-71)23-24-54(50)69-60-51(48)41-73-56(60)39-53-52(62(73)80)43-87-63(81)67(53,7-2)89-59(78)40-68-61(79)55(70-64(82)90-66(3,4)5)22-14-9-12-19-46(75)42-86-37-36-85-35-34-84-33-17-20-45(74)18-11-8-13-21-49-57(76)25-26-58(49)77/h23-26,38-39,44,49,55H,6-22,27-37,40-43H2,1-5H3,(H,68,79)(H,70,82)/t55?,67-/m0/s1. The van der Waals surface area contributed by atoms with Gasteiger partial charge in [-0.05, 0) is 146 Å². The van der Waals surface area contributed by atoms with Gasteiger partial charge in [-0.15, -0.1) is 0 Å². The summed E-state index contributed by atoms with van der Waals surface area (Å²) >= 11 is 0. The molecule has 2 saturated heterocycles. The Morgan fingerprint density at radius 1 is 0.767 bits per heavy atom. The molecule has 0 bridgehead atoms. The first-order valence-corrected chi connectivity index (χ1v) is 32.4. The highest BCUT2D eigenvalue weighted by Crippen LogP contribution is 2.43. The number of cyclic esters (lactones) is 1. The molecule has 490 valence electrons. The van der Waals surface area contributed by atoms with Crippen LogP contribution in [-0.4, -0.2) is 163 Å². The average Bonchev–Trinajstić information content (AvgIpc) is 1.47. The molecule has 0 spiro atoms. The first-order chi connectivity index (χ1) is 43.3. The van der Waals surface area contributed by atoms with Crippen LogP contribution in [0.5, 0.6) is 5.75 Å². The van der Waals surface area contributed by atoms with Gasteiger partial charge in [0, 0.05) is 61.5 Å². The minimum atomic E-state index is -2.06. The lowest BCUT2D eigenvalue weighted by molar-refractivity contribution is -0.189. The number of amides is 3. The van der Waals surface area contributed by atoms with Gasteiger partial charge in [-0.3, -0.25) is 33.6 Å². The summed E-state index contributed by atoms with van der Waals surface area (Å²) in [5, 5.41) is 5.90. The lowest BCUT2D eigenvalue weighted by Gasteiger charge is -2.39. The number of unbranched alkanes of at least 4 members (excludes halogenated alkanes) is 4. The average molecular weight is 1250 g/mol. The number of carbonyl (C=O) groups excluding carboxylic acids is 9. The predicted molar refractivity (Wildman–Crippen MR) is 331 cm³/mol. The summed E-state index contributed by atoms with van der Waals surface area (Å²) in [4.78, 5) is 140. The number of aryl methyl sites for hydroxylation is 1. The van der Waals surface area contributed by atoms with Gasteiger partial charge in [-0.1, -0.05) is 46.0 Å². The van der Waals surface area contributed by atoms with E-state index in [-0.39, 0.29) is 86.5 Å². The van der Waals surface area contributed by atoms with E-state index >= 15 is 0 Å². The van der Waals surface area contributed by atoms with Gasteiger partial charge in [-0.25, -0.2) is 19.4 Å². The number of allylic oxidation sites excluding steroid dienone is 2. The third-order valence-electron chi connectivity index (χ3n) is 17.4. The second-order valence-corrected chi connectivity index (χ2v) is 24.9. The van der Waals surface area contributed by atoms with Crippen molar-refractivity contribution in [1.82, 2.24) is 30.0 Å². The van der Waals surface area contributed by atoms with Crippen molar-refractivity contribution >= 4 is 64.1 Å². The Bertz CT molecular complexity index is 3170. The molecule has 90 heavy (non-hydrogen) atoms. The SMILES string of the molecule is CCc1c2c(nc3ccc(OC(=O)N4CCC(N5CCCCC5)CC4)cc13)-c1cc3c(c(=O)n1C2)COC(=O)[C@@]3(CC)OC(=O)CNC(=O)C(CCCCCC(=O)COCCOCCOCCCC(=O)CCCCCC1C(=O)C=CC1=O)NC(=O)OC(C)(C)C. The van der Waals surface area contributed by atoms with Crippen LogP contribution in [0.2, 0.25) is 0 Å². The number of benzene rings is 1. The van der Waals surface area contributed by atoms with Crippen molar-refractivity contribution in [3.63, 3.8) is 0 Å². The fourth-order valence-corrected chi connectivity index (χ4v) is 12.6. The minimum absolute atomic E-state index is 0.0989. The Morgan fingerprint density at radius 3 is 2.14 bits per heavy atom. The molecule has 3 aromatic rings. The summed E-state index contributed by atoms with van der Waals surface area (Å²) in [5.41, 5.74) is 0.186. The van der Waals surface area contributed by atoms with Crippen molar-refractivity contribution in [2.75, 3.05) is 72.4 Å². The van der Waals surface area contributed by atoms with Crippen LogP contribution in [0.4, 0.5) is 9.59 Å². The molecule has 6 heterocycles. The molecule has 2 fully saturated rings. The maximum absolute atomic E-state index is 14.5. The Labute approximate surface area is 525 Å². The number of nitrogens with one attached hydrogen (secondary N) is 2. The van der Waals surface area contributed by atoms with Crippen molar-refractivity contribution in [3.05, 3.63) is 69.0 Å². The van der Waals surface area contributed by atoms with E-state index in [1.165, 1.54) is 31.4 Å². The number of carbonyl (C=O) groups is 9. The summed E-state index contributed by atoms with van der Waals surface area (Å²) in [6.45, 7) is 12.7. The van der Waals surface area contributed by atoms with E-state index in [0.717, 1.165) is 61.7 Å². The summed E-state index contributed by atoms with van der Waals surface area (Å²) in [7, 11) is 0. The number of aromatic nitrogens is 2. The highest BCUT2D eigenvalue weighted by Gasteiger charge is 2.51. The zero-order valence-corrected chi connectivity index (χ0v) is 53.1. The Balaban J connectivity index is 0.769. The quantitative estimate of drug-likeness (QED) is 0.0199. The zero-order valence-electron chi connectivity index (χ0n) is 53.1. The van der Waals surface area contributed by atoms with Gasteiger partial charge >= 0.3 is 24.1 Å². The molecule has 3 amide bonds. The second-order valence-electron chi connectivity index (χ2n) is 24.9. The van der Waals surface area contributed by atoms with Crippen LogP contribution in [0.25, 0.3) is 22.3 Å². The summed E-state index contributed by atoms with van der Waals surface area (Å²) in [5.74, 6) is -2.97. The number of fused-ring (bicyclic) bond motifs is 5. The number of pyridine rings is 2. The Kier molecular flexibility index (Phi) is 25.0. The third kappa shape index (κ3) is 18.3. The largest absolute Gasteiger partial charge is 0.457 e. The van der Waals surface area contributed by atoms with Gasteiger partial charge in [0.25, 0.3) is 5.56 Å². The summed E-state index contributed by atoms with van der Waals surface area (Å²) < 4.78 is 41.1.